The summed E-state index contributed by atoms with van der Waals surface area (Å²) < 4.78 is 37.3. The van der Waals surface area contributed by atoms with Gasteiger partial charge in [0.2, 0.25) is 10.0 Å². The molecule has 0 aliphatic carbocycles. The summed E-state index contributed by atoms with van der Waals surface area (Å²) in [7, 11) is -3.77. The number of sulfonamides is 1. The molecule has 3 aromatic rings. The molecule has 29 heavy (non-hydrogen) atoms. The predicted octanol–water partition coefficient (Wildman–Crippen LogP) is 1.54. The molecule has 1 fully saturated rings. The monoisotopic (exact) mass is 417 g/mol. The summed E-state index contributed by atoms with van der Waals surface area (Å²) >= 11 is 0. The lowest BCUT2D eigenvalue weighted by atomic mass is 10.1. The lowest BCUT2D eigenvalue weighted by molar-refractivity contribution is 0.0693. The van der Waals surface area contributed by atoms with Gasteiger partial charge in [0.05, 0.1) is 0 Å². The summed E-state index contributed by atoms with van der Waals surface area (Å²) in [4.78, 5) is 26.6. The van der Waals surface area contributed by atoms with E-state index in [1.807, 2.05) is 0 Å². The normalized spacial score (nSPS) is 15.7. The molecule has 0 radical (unpaired) electrons. The van der Waals surface area contributed by atoms with Gasteiger partial charge in [-0.2, -0.15) is 4.31 Å². The standard InChI is InChI=1S/C19H19N3O6S/c1-12-17(13(2)28-20-12)29(25,26)22-9-7-21(8-10-22)18(23)15-11-14-5-3-4-6-16(14)27-19(15)24/h3-6,11H,7-10H2,1-2H3. The van der Waals surface area contributed by atoms with Crippen LogP contribution in [0.1, 0.15) is 21.8 Å². The maximum atomic E-state index is 12.9. The molecule has 10 heteroatoms. The molecule has 1 aromatic carbocycles. The van der Waals surface area contributed by atoms with Crippen molar-refractivity contribution in [3.63, 3.8) is 0 Å². The van der Waals surface area contributed by atoms with Crippen LogP contribution in [-0.2, 0) is 10.0 Å². The quantitative estimate of drug-likeness (QED) is 0.594. The van der Waals surface area contributed by atoms with Crippen molar-refractivity contribution in [2.45, 2.75) is 18.7 Å². The third-order valence-corrected chi connectivity index (χ3v) is 7.11. The number of carbonyl (C=O) groups is 1. The highest BCUT2D eigenvalue weighted by atomic mass is 32.2. The molecular weight excluding hydrogens is 398 g/mol. The van der Waals surface area contributed by atoms with E-state index in [-0.39, 0.29) is 42.4 Å². The van der Waals surface area contributed by atoms with Gasteiger partial charge >= 0.3 is 5.63 Å². The van der Waals surface area contributed by atoms with Crippen LogP contribution in [-0.4, -0.2) is 54.9 Å². The van der Waals surface area contributed by atoms with Crippen molar-refractivity contribution in [2.75, 3.05) is 26.2 Å². The smallest absolute Gasteiger partial charge is 0.349 e. The van der Waals surface area contributed by atoms with Crippen LogP contribution in [0.5, 0.6) is 0 Å². The van der Waals surface area contributed by atoms with Gasteiger partial charge in [-0.25, -0.2) is 13.2 Å². The van der Waals surface area contributed by atoms with Crippen molar-refractivity contribution in [3.05, 3.63) is 57.8 Å². The maximum Gasteiger partial charge on any atom is 0.349 e. The number of hydrogen-bond acceptors (Lipinski definition) is 7. The lowest BCUT2D eigenvalue weighted by Crippen LogP contribution is -2.51. The number of para-hydroxylation sites is 1. The third kappa shape index (κ3) is 3.34. The number of carbonyl (C=O) groups excluding carboxylic acids is 1. The molecule has 3 heterocycles. The Hall–Kier alpha value is -2.98. The van der Waals surface area contributed by atoms with Crippen molar-refractivity contribution in [2.24, 2.45) is 0 Å². The van der Waals surface area contributed by atoms with Crippen LogP contribution in [0.15, 0.2) is 49.0 Å². The Balaban J connectivity index is 1.54. The third-order valence-electron chi connectivity index (χ3n) is 4.96. The maximum absolute atomic E-state index is 12.9. The number of aromatic nitrogens is 1. The molecule has 1 saturated heterocycles. The van der Waals surface area contributed by atoms with Gasteiger partial charge in [0.1, 0.15) is 21.7 Å². The Morgan fingerprint density at radius 1 is 1.10 bits per heavy atom. The molecule has 1 amide bonds. The topological polar surface area (TPSA) is 114 Å². The molecule has 1 aliphatic heterocycles. The summed E-state index contributed by atoms with van der Waals surface area (Å²) in [5.41, 5.74) is -0.0654. The van der Waals surface area contributed by atoms with Gasteiger partial charge in [0, 0.05) is 31.6 Å². The molecule has 152 valence electrons. The fourth-order valence-electron chi connectivity index (χ4n) is 3.48. The second-order valence-electron chi connectivity index (χ2n) is 6.83. The van der Waals surface area contributed by atoms with Crippen LogP contribution in [0.3, 0.4) is 0 Å². The predicted molar refractivity (Wildman–Crippen MR) is 103 cm³/mol. The molecule has 0 N–H and O–H groups in total. The van der Waals surface area contributed by atoms with E-state index < -0.39 is 21.6 Å². The van der Waals surface area contributed by atoms with Crippen molar-refractivity contribution in [3.8, 4) is 0 Å². The number of piperazine rings is 1. The Labute approximate surface area is 166 Å². The minimum Gasteiger partial charge on any atom is -0.422 e. The highest BCUT2D eigenvalue weighted by Crippen LogP contribution is 2.24. The fourth-order valence-corrected chi connectivity index (χ4v) is 5.20. The van der Waals surface area contributed by atoms with E-state index in [0.717, 1.165) is 0 Å². The molecule has 4 rings (SSSR count). The number of amides is 1. The Morgan fingerprint density at radius 2 is 1.79 bits per heavy atom. The van der Waals surface area contributed by atoms with Crippen molar-refractivity contribution in [1.82, 2.24) is 14.4 Å². The number of nitrogens with zero attached hydrogens (tertiary/aromatic N) is 3. The van der Waals surface area contributed by atoms with Gasteiger partial charge in [-0.1, -0.05) is 23.4 Å². The van der Waals surface area contributed by atoms with Crippen LogP contribution in [0.4, 0.5) is 0 Å². The van der Waals surface area contributed by atoms with E-state index in [0.29, 0.717) is 16.7 Å². The van der Waals surface area contributed by atoms with Crippen LogP contribution in [0.2, 0.25) is 0 Å². The lowest BCUT2D eigenvalue weighted by Gasteiger charge is -2.33. The van der Waals surface area contributed by atoms with Gasteiger partial charge in [0.15, 0.2) is 5.76 Å². The molecule has 0 atom stereocenters. The number of fused-ring (bicyclic) bond motifs is 1. The molecule has 9 nitrogen and oxygen atoms in total. The zero-order valence-corrected chi connectivity index (χ0v) is 16.7. The molecule has 1 aliphatic rings. The van der Waals surface area contributed by atoms with Crippen molar-refractivity contribution < 1.29 is 22.2 Å². The zero-order valence-electron chi connectivity index (χ0n) is 15.9. The zero-order chi connectivity index (χ0) is 20.8. The minimum atomic E-state index is -3.77. The Kier molecular flexibility index (Phi) is 4.75. The van der Waals surface area contributed by atoms with E-state index in [1.54, 1.807) is 38.1 Å². The van der Waals surface area contributed by atoms with Crippen LogP contribution >= 0.6 is 0 Å². The number of hydrogen-bond donors (Lipinski definition) is 0. The largest absolute Gasteiger partial charge is 0.422 e. The van der Waals surface area contributed by atoms with E-state index in [4.69, 9.17) is 8.94 Å². The van der Waals surface area contributed by atoms with Gasteiger partial charge in [-0.15, -0.1) is 0 Å². The molecule has 2 aromatic heterocycles. The number of aryl methyl sites for hydroxylation is 2. The summed E-state index contributed by atoms with van der Waals surface area (Å²) in [5, 5.41) is 4.35. The fraction of sp³-hybridized carbons (Fsp3) is 0.316. The van der Waals surface area contributed by atoms with Crippen molar-refractivity contribution >= 4 is 26.9 Å². The van der Waals surface area contributed by atoms with E-state index in [1.165, 1.54) is 15.3 Å². The molecule has 0 saturated carbocycles. The first kappa shape index (κ1) is 19.3. The number of rotatable bonds is 3. The van der Waals surface area contributed by atoms with Gasteiger partial charge < -0.3 is 13.8 Å². The van der Waals surface area contributed by atoms with Crippen molar-refractivity contribution in [1.29, 1.82) is 0 Å². The van der Waals surface area contributed by atoms with Gasteiger partial charge in [0.25, 0.3) is 5.91 Å². The first-order chi connectivity index (χ1) is 13.8. The van der Waals surface area contributed by atoms with Crippen LogP contribution < -0.4 is 5.63 Å². The Bertz CT molecular complexity index is 1230. The molecule has 0 bridgehead atoms. The summed E-state index contributed by atoms with van der Waals surface area (Å²) in [6.45, 7) is 3.66. The second kappa shape index (κ2) is 7.12. The number of benzene rings is 1. The highest BCUT2D eigenvalue weighted by Gasteiger charge is 2.34. The van der Waals surface area contributed by atoms with E-state index in [9.17, 15) is 18.0 Å². The molecule has 0 unspecified atom stereocenters. The summed E-state index contributed by atoms with van der Waals surface area (Å²) in [5.74, 6) is -0.242. The van der Waals surface area contributed by atoms with Crippen LogP contribution in [0.25, 0.3) is 11.0 Å². The van der Waals surface area contributed by atoms with Gasteiger partial charge in [-0.05, 0) is 26.0 Å². The SMILES string of the molecule is Cc1noc(C)c1S(=O)(=O)N1CCN(C(=O)c2cc3ccccc3oc2=O)CC1. The first-order valence-corrected chi connectivity index (χ1v) is 10.5. The minimum absolute atomic E-state index is 0.0625. The molecular formula is C19H19N3O6S. The Morgan fingerprint density at radius 3 is 2.45 bits per heavy atom. The average Bonchev–Trinajstić information content (AvgIpc) is 3.06. The molecule has 0 spiro atoms. The van der Waals surface area contributed by atoms with E-state index >= 15 is 0 Å². The second-order valence-corrected chi connectivity index (χ2v) is 8.71. The van der Waals surface area contributed by atoms with Gasteiger partial charge in [-0.3, -0.25) is 4.79 Å². The highest BCUT2D eigenvalue weighted by molar-refractivity contribution is 7.89. The average molecular weight is 417 g/mol. The first-order valence-electron chi connectivity index (χ1n) is 9.04. The summed E-state index contributed by atoms with van der Waals surface area (Å²) in [6.07, 6.45) is 0. The summed E-state index contributed by atoms with van der Waals surface area (Å²) in [6, 6.07) is 8.45. The van der Waals surface area contributed by atoms with E-state index in [2.05, 4.69) is 5.16 Å². The van der Waals surface area contributed by atoms with Crippen LogP contribution in [0, 0.1) is 13.8 Å².